The van der Waals surface area contributed by atoms with Gasteiger partial charge < -0.3 is 13.7 Å². The van der Waals surface area contributed by atoms with Gasteiger partial charge in [-0.3, -0.25) is 10.0 Å². The van der Waals surface area contributed by atoms with Crippen molar-refractivity contribution < 1.29 is 23.7 Å². The Hall–Kier alpha value is -2.22. The third kappa shape index (κ3) is 7.07. The van der Waals surface area contributed by atoms with E-state index in [1.807, 2.05) is 61.7 Å². The Morgan fingerprint density at radius 3 is 2.25 bits per heavy atom. The van der Waals surface area contributed by atoms with Crippen molar-refractivity contribution in [2.24, 2.45) is 0 Å². The van der Waals surface area contributed by atoms with Crippen LogP contribution in [0.25, 0.3) is 0 Å². The van der Waals surface area contributed by atoms with Gasteiger partial charge in [0, 0.05) is 32.8 Å². The van der Waals surface area contributed by atoms with Gasteiger partial charge in [-0.05, 0) is 42.3 Å². The van der Waals surface area contributed by atoms with Crippen molar-refractivity contribution >= 4 is 17.9 Å². The standard InChI is InChI=1S/C21H27NO5S/c1-4-25-20(21(23)22(2)24)15-17-7-9-18(10-8-17)26-14-13-16-5-11-19(12-6-16)27-28-3/h5-12,20,24H,4,13-15H2,1-3H3/t20-/m0/s1. The van der Waals surface area contributed by atoms with E-state index in [4.69, 9.17) is 13.7 Å². The molecule has 0 radical (unpaired) electrons. The van der Waals surface area contributed by atoms with Gasteiger partial charge in [0.15, 0.2) is 0 Å². The lowest BCUT2D eigenvalue weighted by Gasteiger charge is -2.19. The van der Waals surface area contributed by atoms with Crippen molar-refractivity contribution in [1.29, 1.82) is 0 Å². The maximum atomic E-state index is 12.0. The van der Waals surface area contributed by atoms with Crippen molar-refractivity contribution in [3.8, 4) is 11.5 Å². The number of carbonyl (C=O) groups is 1. The summed E-state index contributed by atoms with van der Waals surface area (Å²) in [5, 5.41) is 9.92. The van der Waals surface area contributed by atoms with Gasteiger partial charge in [-0.2, -0.15) is 0 Å². The molecule has 0 spiro atoms. The molecule has 1 N–H and O–H groups in total. The van der Waals surface area contributed by atoms with Crippen molar-refractivity contribution in [3.63, 3.8) is 0 Å². The van der Waals surface area contributed by atoms with Gasteiger partial charge in [0.2, 0.25) is 0 Å². The van der Waals surface area contributed by atoms with Gasteiger partial charge in [-0.15, -0.1) is 0 Å². The summed E-state index contributed by atoms with van der Waals surface area (Å²) in [7, 11) is 1.30. The van der Waals surface area contributed by atoms with Crippen LogP contribution in [0.2, 0.25) is 0 Å². The molecule has 0 bridgehead atoms. The zero-order chi connectivity index (χ0) is 20.4. The first kappa shape index (κ1) is 22.1. The van der Waals surface area contributed by atoms with Crippen LogP contribution in [0.4, 0.5) is 0 Å². The minimum atomic E-state index is -0.704. The summed E-state index contributed by atoms with van der Waals surface area (Å²) < 4.78 is 16.6. The van der Waals surface area contributed by atoms with Crippen LogP contribution in [0.15, 0.2) is 48.5 Å². The second kappa shape index (κ2) is 11.6. The highest BCUT2D eigenvalue weighted by atomic mass is 32.2. The van der Waals surface area contributed by atoms with Gasteiger partial charge in [0.05, 0.1) is 18.6 Å². The fraction of sp³-hybridized carbons (Fsp3) is 0.381. The molecule has 0 saturated carbocycles. The van der Waals surface area contributed by atoms with Crippen LogP contribution < -0.4 is 8.92 Å². The van der Waals surface area contributed by atoms with E-state index in [0.29, 0.717) is 24.7 Å². The van der Waals surface area contributed by atoms with Crippen LogP contribution in [0.5, 0.6) is 11.5 Å². The zero-order valence-electron chi connectivity index (χ0n) is 16.5. The molecule has 1 atom stereocenters. The van der Waals surface area contributed by atoms with Crippen LogP contribution >= 0.6 is 12.0 Å². The summed E-state index contributed by atoms with van der Waals surface area (Å²) in [6, 6.07) is 15.5. The first-order valence-electron chi connectivity index (χ1n) is 9.13. The monoisotopic (exact) mass is 405 g/mol. The molecule has 28 heavy (non-hydrogen) atoms. The Bertz CT molecular complexity index is 719. The van der Waals surface area contributed by atoms with Crippen molar-refractivity contribution in [3.05, 3.63) is 59.7 Å². The third-order valence-corrected chi connectivity index (χ3v) is 4.43. The molecule has 0 aromatic heterocycles. The zero-order valence-corrected chi connectivity index (χ0v) is 17.3. The average molecular weight is 406 g/mol. The van der Waals surface area contributed by atoms with E-state index in [0.717, 1.165) is 23.5 Å². The largest absolute Gasteiger partial charge is 0.493 e. The number of amides is 1. The molecule has 6 nitrogen and oxygen atoms in total. The molecular weight excluding hydrogens is 378 g/mol. The lowest BCUT2D eigenvalue weighted by atomic mass is 10.1. The number of ether oxygens (including phenoxy) is 2. The van der Waals surface area contributed by atoms with Crippen LogP contribution in [-0.4, -0.2) is 48.8 Å². The van der Waals surface area contributed by atoms with Gasteiger partial charge >= 0.3 is 0 Å². The van der Waals surface area contributed by atoms with E-state index in [1.165, 1.54) is 24.7 Å². The summed E-state index contributed by atoms with van der Waals surface area (Å²) in [5.74, 6) is 1.14. The lowest BCUT2D eigenvalue weighted by Crippen LogP contribution is -2.37. The van der Waals surface area contributed by atoms with E-state index >= 15 is 0 Å². The minimum Gasteiger partial charge on any atom is -0.493 e. The van der Waals surface area contributed by atoms with E-state index < -0.39 is 12.0 Å². The number of nitrogens with zero attached hydrogens (tertiary/aromatic N) is 1. The number of hydroxylamine groups is 2. The molecule has 0 saturated heterocycles. The Morgan fingerprint density at radius 2 is 1.68 bits per heavy atom. The van der Waals surface area contributed by atoms with Gasteiger partial charge in [0.25, 0.3) is 5.91 Å². The molecule has 7 heteroatoms. The number of carbonyl (C=O) groups excluding carboxylic acids is 1. The van der Waals surface area contributed by atoms with E-state index in [2.05, 4.69) is 0 Å². The summed E-state index contributed by atoms with van der Waals surface area (Å²) in [4.78, 5) is 12.0. The molecule has 2 aromatic carbocycles. The minimum absolute atomic E-state index is 0.391. The first-order chi connectivity index (χ1) is 13.5. The highest BCUT2D eigenvalue weighted by Gasteiger charge is 2.22. The second-order valence-electron chi connectivity index (χ2n) is 6.15. The van der Waals surface area contributed by atoms with Gasteiger partial charge in [-0.1, -0.05) is 24.3 Å². The Labute approximate surface area is 170 Å². The predicted octanol–water partition coefficient (Wildman–Crippen LogP) is 3.76. The molecule has 1 amide bonds. The third-order valence-electron chi connectivity index (χ3n) is 4.07. The molecule has 0 aliphatic rings. The number of benzene rings is 2. The number of likely N-dealkylation sites (N-methyl/N-ethyl adjacent to an activating group) is 1. The van der Waals surface area contributed by atoms with Crippen LogP contribution in [0, 0.1) is 0 Å². The molecule has 0 heterocycles. The molecule has 2 rings (SSSR count). The summed E-state index contributed by atoms with van der Waals surface area (Å²) in [6.45, 7) is 2.78. The van der Waals surface area contributed by atoms with Crippen molar-refractivity contribution in [1.82, 2.24) is 5.06 Å². The molecule has 0 aliphatic carbocycles. The Morgan fingerprint density at radius 1 is 1.07 bits per heavy atom. The summed E-state index contributed by atoms with van der Waals surface area (Å²) in [6.07, 6.45) is 2.37. The smallest absolute Gasteiger partial charge is 0.275 e. The SMILES string of the molecule is CCO[C@@H](Cc1ccc(OCCc2ccc(OSC)cc2)cc1)C(=O)N(C)O. The van der Waals surface area contributed by atoms with Gasteiger partial charge in [0.1, 0.15) is 17.6 Å². The molecule has 0 unspecified atom stereocenters. The number of hydrogen-bond donors (Lipinski definition) is 1. The van der Waals surface area contributed by atoms with Crippen molar-refractivity contribution in [2.45, 2.75) is 25.9 Å². The quantitative estimate of drug-likeness (QED) is 0.349. The summed E-state index contributed by atoms with van der Waals surface area (Å²) in [5.41, 5.74) is 2.11. The molecule has 152 valence electrons. The fourth-order valence-corrected chi connectivity index (χ4v) is 2.96. The lowest BCUT2D eigenvalue weighted by molar-refractivity contribution is -0.171. The highest BCUT2D eigenvalue weighted by Crippen LogP contribution is 2.18. The second-order valence-corrected chi connectivity index (χ2v) is 6.65. The fourth-order valence-electron chi connectivity index (χ4n) is 2.66. The molecule has 2 aromatic rings. The van der Waals surface area contributed by atoms with E-state index in [-0.39, 0.29) is 0 Å². The van der Waals surface area contributed by atoms with Crippen molar-refractivity contribution in [2.75, 3.05) is 26.5 Å². The molecule has 0 aliphatic heterocycles. The highest BCUT2D eigenvalue weighted by molar-refractivity contribution is 7.94. The van der Waals surface area contributed by atoms with Gasteiger partial charge in [-0.25, -0.2) is 5.06 Å². The first-order valence-corrected chi connectivity index (χ1v) is 10.3. The normalized spacial score (nSPS) is 11.7. The van der Waals surface area contributed by atoms with E-state index in [1.54, 1.807) is 0 Å². The number of hydrogen-bond acceptors (Lipinski definition) is 6. The maximum Gasteiger partial charge on any atom is 0.275 e. The molecule has 0 fully saturated rings. The van der Waals surface area contributed by atoms with Crippen LogP contribution in [0.1, 0.15) is 18.1 Å². The van der Waals surface area contributed by atoms with Crippen LogP contribution in [0.3, 0.4) is 0 Å². The van der Waals surface area contributed by atoms with Crippen LogP contribution in [-0.2, 0) is 22.4 Å². The van der Waals surface area contributed by atoms with E-state index in [9.17, 15) is 10.0 Å². The maximum absolute atomic E-state index is 12.0. The Balaban J connectivity index is 1.83. The Kier molecular flexibility index (Phi) is 9.13. The summed E-state index contributed by atoms with van der Waals surface area (Å²) >= 11 is 1.32. The predicted molar refractivity (Wildman–Crippen MR) is 110 cm³/mol. The topological polar surface area (TPSA) is 68.2 Å². The average Bonchev–Trinajstić information content (AvgIpc) is 2.70. The molecular formula is C21H27NO5S. The number of rotatable bonds is 11.